The summed E-state index contributed by atoms with van der Waals surface area (Å²) >= 11 is 0. The summed E-state index contributed by atoms with van der Waals surface area (Å²) in [6.45, 7) is 8.12. The van der Waals surface area contributed by atoms with Crippen LogP contribution in [0, 0.1) is 5.92 Å². The van der Waals surface area contributed by atoms with Gasteiger partial charge in [0, 0.05) is 12.5 Å². The first kappa shape index (κ1) is 16.7. The van der Waals surface area contributed by atoms with Gasteiger partial charge in [-0.25, -0.2) is 4.98 Å². The molecule has 0 bridgehead atoms. The Morgan fingerprint density at radius 1 is 1.30 bits per heavy atom. The molecule has 0 saturated heterocycles. The summed E-state index contributed by atoms with van der Waals surface area (Å²) in [6, 6.07) is 7.60. The number of fused-ring (bicyclic) bond motifs is 1. The lowest BCUT2D eigenvalue weighted by molar-refractivity contribution is -0.124. The maximum atomic E-state index is 12.0. The molecule has 2 rings (SSSR count). The summed E-state index contributed by atoms with van der Waals surface area (Å²) in [7, 11) is 0. The van der Waals surface area contributed by atoms with Crippen LogP contribution in [0.25, 0.3) is 11.0 Å². The van der Waals surface area contributed by atoms with Crippen LogP contribution in [0.5, 0.6) is 0 Å². The van der Waals surface area contributed by atoms with Gasteiger partial charge in [0.05, 0.1) is 17.6 Å². The van der Waals surface area contributed by atoms with Gasteiger partial charge in [-0.05, 0) is 12.1 Å². The second kappa shape index (κ2) is 7.58. The van der Waals surface area contributed by atoms with Crippen LogP contribution in [0.3, 0.4) is 0 Å². The van der Waals surface area contributed by atoms with Crippen molar-refractivity contribution in [3.05, 3.63) is 42.7 Å². The van der Waals surface area contributed by atoms with Crippen LogP contribution in [0.1, 0.15) is 19.7 Å². The zero-order chi connectivity index (χ0) is 16.8. The molecule has 0 saturated carbocycles. The number of benzene rings is 1. The molecule has 0 radical (unpaired) electrons. The second-order valence-electron chi connectivity index (χ2n) is 5.57. The Bertz CT molecular complexity index is 718. The number of carbonyl (C=O) groups is 2. The van der Waals surface area contributed by atoms with E-state index in [1.54, 1.807) is 6.08 Å². The largest absolute Gasteiger partial charge is 0.351 e. The van der Waals surface area contributed by atoms with Gasteiger partial charge in [0.1, 0.15) is 12.4 Å². The highest BCUT2D eigenvalue weighted by Gasteiger charge is 2.14. The number of para-hydroxylation sites is 2. The lowest BCUT2D eigenvalue weighted by Crippen LogP contribution is -2.31. The topological polar surface area (TPSA) is 76.0 Å². The standard InChI is InChI=1S/C17H22N4O2/c1-4-9-18-16(22)11-21-14-8-6-5-7-13(14)20-15(21)10-19-17(23)12(2)3/h4-8,12H,1,9-11H2,2-3H3,(H,18,22)(H,19,23). The molecule has 6 nitrogen and oxygen atoms in total. The maximum absolute atomic E-state index is 12.0. The highest BCUT2D eigenvalue weighted by molar-refractivity contribution is 5.81. The average Bonchev–Trinajstić information content (AvgIpc) is 2.88. The van der Waals surface area contributed by atoms with E-state index in [1.165, 1.54) is 0 Å². The Morgan fingerprint density at radius 3 is 2.74 bits per heavy atom. The molecular formula is C17H22N4O2. The van der Waals surface area contributed by atoms with Gasteiger partial charge in [0.2, 0.25) is 11.8 Å². The Morgan fingerprint density at radius 2 is 2.04 bits per heavy atom. The summed E-state index contributed by atoms with van der Waals surface area (Å²) in [5.41, 5.74) is 1.67. The fraction of sp³-hybridized carbons (Fsp3) is 0.353. The molecule has 0 aliphatic carbocycles. The van der Waals surface area contributed by atoms with Gasteiger partial charge in [-0.15, -0.1) is 6.58 Å². The average molecular weight is 314 g/mol. The lowest BCUT2D eigenvalue weighted by atomic mass is 10.2. The highest BCUT2D eigenvalue weighted by atomic mass is 16.2. The Hall–Kier alpha value is -2.63. The van der Waals surface area contributed by atoms with Crippen molar-refractivity contribution in [3.63, 3.8) is 0 Å². The van der Waals surface area contributed by atoms with Crippen LogP contribution < -0.4 is 10.6 Å². The molecule has 0 fully saturated rings. The third-order valence-corrected chi connectivity index (χ3v) is 3.42. The van der Waals surface area contributed by atoms with E-state index >= 15 is 0 Å². The van der Waals surface area contributed by atoms with Crippen LogP contribution in [-0.2, 0) is 22.7 Å². The molecule has 0 aliphatic heterocycles. The zero-order valence-electron chi connectivity index (χ0n) is 13.5. The normalized spacial score (nSPS) is 10.7. The third kappa shape index (κ3) is 4.18. The van der Waals surface area contributed by atoms with E-state index in [4.69, 9.17) is 0 Å². The number of rotatable bonds is 7. The summed E-state index contributed by atoms with van der Waals surface area (Å²) in [6.07, 6.45) is 1.63. The first-order valence-corrected chi connectivity index (χ1v) is 7.62. The maximum Gasteiger partial charge on any atom is 0.240 e. The molecule has 1 heterocycles. The number of aromatic nitrogens is 2. The van der Waals surface area contributed by atoms with Gasteiger partial charge >= 0.3 is 0 Å². The molecule has 122 valence electrons. The van der Waals surface area contributed by atoms with Gasteiger partial charge in [0.15, 0.2) is 0 Å². The summed E-state index contributed by atoms with van der Waals surface area (Å²) in [5, 5.41) is 5.60. The molecule has 1 aromatic carbocycles. The summed E-state index contributed by atoms with van der Waals surface area (Å²) < 4.78 is 1.83. The van der Waals surface area contributed by atoms with Crippen molar-refractivity contribution in [2.24, 2.45) is 5.92 Å². The molecule has 2 amide bonds. The Balaban J connectivity index is 2.24. The number of carbonyl (C=O) groups excluding carboxylic acids is 2. The van der Waals surface area contributed by atoms with E-state index in [2.05, 4.69) is 22.2 Å². The van der Waals surface area contributed by atoms with Crippen molar-refractivity contribution in [2.45, 2.75) is 26.9 Å². The number of nitrogens with one attached hydrogen (secondary N) is 2. The van der Waals surface area contributed by atoms with Crippen molar-refractivity contribution in [2.75, 3.05) is 6.54 Å². The number of imidazole rings is 1. The molecule has 0 unspecified atom stereocenters. The zero-order valence-corrected chi connectivity index (χ0v) is 13.5. The number of amides is 2. The molecule has 2 aromatic rings. The number of hydrogen-bond acceptors (Lipinski definition) is 3. The third-order valence-electron chi connectivity index (χ3n) is 3.42. The fourth-order valence-corrected chi connectivity index (χ4v) is 2.19. The Labute approximate surface area is 135 Å². The van der Waals surface area contributed by atoms with E-state index in [9.17, 15) is 9.59 Å². The van der Waals surface area contributed by atoms with Crippen molar-refractivity contribution < 1.29 is 9.59 Å². The molecule has 1 aromatic heterocycles. The van der Waals surface area contributed by atoms with Gasteiger partial charge in [-0.2, -0.15) is 0 Å². The molecule has 2 N–H and O–H groups in total. The minimum Gasteiger partial charge on any atom is -0.351 e. The summed E-state index contributed by atoms with van der Waals surface area (Å²) in [5.74, 6) is 0.405. The predicted molar refractivity (Wildman–Crippen MR) is 89.6 cm³/mol. The van der Waals surface area contributed by atoms with Crippen LogP contribution in [0.2, 0.25) is 0 Å². The van der Waals surface area contributed by atoms with E-state index in [1.807, 2.05) is 42.7 Å². The van der Waals surface area contributed by atoms with E-state index in [-0.39, 0.29) is 24.3 Å². The summed E-state index contributed by atoms with van der Waals surface area (Å²) in [4.78, 5) is 28.3. The van der Waals surface area contributed by atoms with E-state index in [0.29, 0.717) is 18.9 Å². The molecule has 23 heavy (non-hydrogen) atoms. The van der Waals surface area contributed by atoms with Gasteiger partial charge in [-0.1, -0.05) is 32.1 Å². The molecule has 0 atom stereocenters. The van der Waals surface area contributed by atoms with E-state index < -0.39 is 0 Å². The van der Waals surface area contributed by atoms with E-state index in [0.717, 1.165) is 11.0 Å². The quantitative estimate of drug-likeness (QED) is 0.762. The van der Waals surface area contributed by atoms with Crippen LogP contribution >= 0.6 is 0 Å². The number of nitrogens with zero attached hydrogens (tertiary/aromatic N) is 2. The van der Waals surface area contributed by atoms with Crippen molar-refractivity contribution in [1.29, 1.82) is 0 Å². The van der Waals surface area contributed by atoms with Crippen molar-refractivity contribution in [3.8, 4) is 0 Å². The minimum atomic E-state index is -0.121. The van der Waals surface area contributed by atoms with Crippen molar-refractivity contribution >= 4 is 22.8 Å². The number of hydrogen-bond donors (Lipinski definition) is 2. The van der Waals surface area contributed by atoms with Crippen LogP contribution in [0.15, 0.2) is 36.9 Å². The minimum absolute atomic E-state index is 0.0419. The van der Waals surface area contributed by atoms with Crippen molar-refractivity contribution in [1.82, 2.24) is 20.2 Å². The first-order valence-electron chi connectivity index (χ1n) is 7.62. The Kier molecular flexibility index (Phi) is 5.51. The van der Waals surface area contributed by atoms with Gasteiger partial charge < -0.3 is 15.2 Å². The molecular weight excluding hydrogens is 292 g/mol. The molecule has 0 spiro atoms. The van der Waals surface area contributed by atoms with Crippen LogP contribution in [0.4, 0.5) is 0 Å². The van der Waals surface area contributed by atoms with Gasteiger partial charge in [0.25, 0.3) is 0 Å². The fourth-order valence-electron chi connectivity index (χ4n) is 2.19. The van der Waals surface area contributed by atoms with Gasteiger partial charge in [-0.3, -0.25) is 9.59 Å². The monoisotopic (exact) mass is 314 g/mol. The second-order valence-corrected chi connectivity index (χ2v) is 5.57. The molecule has 0 aliphatic rings. The SMILES string of the molecule is C=CCNC(=O)Cn1c(CNC(=O)C(C)C)nc2ccccc21. The van der Waals surface area contributed by atoms with Crippen LogP contribution in [-0.4, -0.2) is 27.9 Å². The smallest absolute Gasteiger partial charge is 0.240 e. The molecule has 6 heteroatoms. The highest BCUT2D eigenvalue weighted by Crippen LogP contribution is 2.16. The first-order chi connectivity index (χ1) is 11.0. The lowest BCUT2D eigenvalue weighted by Gasteiger charge is -2.11. The predicted octanol–water partition coefficient (Wildman–Crippen LogP) is 1.61.